The van der Waals surface area contributed by atoms with E-state index in [4.69, 9.17) is 9.88 Å². The van der Waals surface area contributed by atoms with Crippen LogP contribution in [-0.2, 0) is 10.0 Å². The highest BCUT2D eigenvalue weighted by Gasteiger charge is 2.09. The molecule has 0 spiro atoms. The van der Waals surface area contributed by atoms with Crippen molar-refractivity contribution in [3.05, 3.63) is 29.8 Å². The molecule has 0 bridgehead atoms. The second-order valence-electron chi connectivity index (χ2n) is 4.32. The highest BCUT2D eigenvalue weighted by atomic mass is 32.2. The van der Waals surface area contributed by atoms with E-state index >= 15 is 0 Å². The summed E-state index contributed by atoms with van der Waals surface area (Å²) in [5, 5.41) is 7.32. The summed E-state index contributed by atoms with van der Waals surface area (Å²) >= 11 is 0. The number of hydrogen-bond donors (Lipinski definition) is 2. The normalized spacial score (nSPS) is 11.4. The first kappa shape index (κ1) is 15.5. The number of hydrogen-bond acceptors (Lipinski definition) is 4. The lowest BCUT2D eigenvalue weighted by molar-refractivity contribution is 0.0955. The Morgan fingerprint density at radius 2 is 2.11 bits per heavy atom. The molecule has 0 aromatic heterocycles. The Kier molecular flexibility index (Phi) is 5.31. The maximum absolute atomic E-state index is 11.8. The first-order valence-electron chi connectivity index (χ1n) is 5.83. The quantitative estimate of drug-likeness (QED) is 0.795. The largest absolute Gasteiger partial charge is 0.491 e. The first-order valence-corrected chi connectivity index (χ1v) is 7.55. The molecule has 1 aromatic rings. The molecule has 0 saturated heterocycles. The summed E-state index contributed by atoms with van der Waals surface area (Å²) in [6.07, 6.45) is 0.0145. The number of rotatable bonds is 6. The zero-order valence-corrected chi connectivity index (χ0v) is 11.7. The van der Waals surface area contributed by atoms with Gasteiger partial charge in [0.1, 0.15) is 5.75 Å². The Hall–Kier alpha value is -1.60. The fourth-order valence-electron chi connectivity index (χ4n) is 1.39. The van der Waals surface area contributed by atoms with Crippen molar-refractivity contribution in [3.8, 4) is 5.75 Å². The molecule has 6 nitrogen and oxygen atoms in total. The fraction of sp³-hybridized carbons (Fsp3) is 0.417. The molecule has 0 aliphatic carbocycles. The maximum Gasteiger partial charge on any atom is 0.251 e. The number of nitrogens with two attached hydrogens (primary N) is 1. The first-order chi connectivity index (χ1) is 8.78. The zero-order valence-electron chi connectivity index (χ0n) is 10.9. The summed E-state index contributed by atoms with van der Waals surface area (Å²) in [7, 11) is -3.57. The van der Waals surface area contributed by atoms with Crippen LogP contribution in [0.5, 0.6) is 5.75 Å². The molecule has 0 aliphatic rings. The fourth-order valence-corrected chi connectivity index (χ4v) is 1.78. The minimum Gasteiger partial charge on any atom is -0.491 e. The van der Waals surface area contributed by atoms with Gasteiger partial charge in [0.25, 0.3) is 5.91 Å². The molecule has 19 heavy (non-hydrogen) atoms. The molecule has 1 amide bonds. The van der Waals surface area contributed by atoms with Gasteiger partial charge < -0.3 is 10.1 Å². The topological polar surface area (TPSA) is 98.5 Å². The third-order valence-electron chi connectivity index (χ3n) is 2.14. The Labute approximate surface area is 113 Å². The van der Waals surface area contributed by atoms with Gasteiger partial charge >= 0.3 is 0 Å². The number of primary sulfonamides is 1. The van der Waals surface area contributed by atoms with Crippen molar-refractivity contribution in [2.75, 3.05) is 12.3 Å². The van der Waals surface area contributed by atoms with E-state index in [0.29, 0.717) is 11.3 Å². The van der Waals surface area contributed by atoms with Gasteiger partial charge in [0.05, 0.1) is 11.9 Å². The average molecular weight is 286 g/mol. The van der Waals surface area contributed by atoms with Crippen molar-refractivity contribution in [2.24, 2.45) is 5.14 Å². The van der Waals surface area contributed by atoms with Crippen LogP contribution in [0.15, 0.2) is 24.3 Å². The van der Waals surface area contributed by atoms with Crippen LogP contribution in [0.2, 0.25) is 0 Å². The van der Waals surface area contributed by atoms with Crippen LogP contribution < -0.4 is 15.2 Å². The van der Waals surface area contributed by atoms with Crippen molar-refractivity contribution in [3.63, 3.8) is 0 Å². The Morgan fingerprint density at radius 1 is 1.42 bits per heavy atom. The summed E-state index contributed by atoms with van der Waals surface area (Å²) < 4.78 is 26.9. The number of nitrogens with one attached hydrogen (secondary N) is 1. The van der Waals surface area contributed by atoms with E-state index in [2.05, 4.69) is 5.32 Å². The van der Waals surface area contributed by atoms with Crippen molar-refractivity contribution in [1.29, 1.82) is 0 Å². The summed E-state index contributed by atoms with van der Waals surface area (Å²) in [5.74, 6) is -0.0621. The zero-order chi connectivity index (χ0) is 14.5. The number of carbonyl (C=O) groups is 1. The van der Waals surface area contributed by atoms with Gasteiger partial charge in [-0.1, -0.05) is 6.07 Å². The van der Waals surface area contributed by atoms with E-state index in [9.17, 15) is 13.2 Å². The molecule has 106 valence electrons. The second kappa shape index (κ2) is 6.53. The number of ether oxygens (including phenoxy) is 1. The standard InChI is InChI=1S/C12H18N2O4S/c1-9(2)18-11-5-3-4-10(8-11)12(15)14-6-7-19(13,16)17/h3-5,8-9H,6-7H2,1-2H3,(H,14,15)(H2,13,16,17). The van der Waals surface area contributed by atoms with E-state index in [1.54, 1.807) is 24.3 Å². The Balaban J connectivity index is 2.62. The van der Waals surface area contributed by atoms with E-state index in [0.717, 1.165) is 0 Å². The van der Waals surface area contributed by atoms with Gasteiger partial charge in [0.2, 0.25) is 10.0 Å². The maximum atomic E-state index is 11.8. The average Bonchev–Trinajstić information content (AvgIpc) is 2.26. The SMILES string of the molecule is CC(C)Oc1cccc(C(=O)NCCS(N)(=O)=O)c1. The molecule has 0 radical (unpaired) electrons. The summed E-state index contributed by atoms with van der Waals surface area (Å²) in [6, 6.07) is 6.68. The Bertz CT molecular complexity index is 540. The summed E-state index contributed by atoms with van der Waals surface area (Å²) in [4.78, 5) is 11.8. The minimum atomic E-state index is -3.57. The van der Waals surface area contributed by atoms with Crippen LogP contribution >= 0.6 is 0 Å². The number of carbonyl (C=O) groups excluding carboxylic acids is 1. The molecule has 0 saturated carbocycles. The van der Waals surface area contributed by atoms with Crippen LogP contribution in [0.1, 0.15) is 24.2 Å². The smallest absolute Gasteiger partial charge is 0.251 e. The van der Waals surface area contributed by atoms with Crippen LogP contribution in [0, 0.1) is 0 Å². The van der Waals surface area contributed by atoms with Gasteiger partial charge in [-0.3, -0.25) is 4.79 Å². The van der Waals surface area contributed by atoms with Gasteiger partial charge in [0.15, 0.2) is 0 Å². The van der Waals surface area contributed by atoms with E-state index in [1.807, 2.05) is 13.8 Å². The van der Waals surface area contributed by atoms with Crippen LogP contribution in [0.4, 0.5) is 0 Å². The number of amides is 1. The van der Waals surface area contributed by atoms with Gasteiger partial charge in [0, 0.05) is 12.1 Å². The molecular formula is C12H18N2O4S. The molecule has 0 unspecified atom stereocenters. The van der Waals surface area contributed by atoms with Gasteiger partial charge in [-0.05, 0) is 32.0 Å². The lowest BCUT2D eigenvalue weighted by Gasteiger charge is -2.11. The van der Waals surface area contributed by atoms with Crippen molar-refractivity contribution >= 4 is 15.9 Å². The number of benzene rings is 1. The Morgan fingerprint density at radius 3 is 2.68 bits per heavy atom. The molecule has 1 rings (SSSR count). The number of sulfonamides is 1. The van der Waals surface area contributed by atoms with Crippen molar-refractivity contribution < 1.29 is 17.9 Å². The molecule has 7 heteroatoms. The van der Waals surface area contributed by atoms with Gasteiger partial charge in [-0.25, -0.2) is 13.6 Å². The van der Waals surface area contributed by atoms with Crippen LogP contribution in [0.25, 0.3) is 0 Å². The van der Waals surface area contributed by atoms with Crippen molar-refractivity contribution in [1.82, 2.24) is 5.32 Å². The monoisotopic (exact) mass is 286 g/mol. The molecule has 0 aliphatic heterocycles. The van der Waals surface area contributed by atoms with Gasteiger partial charge in [-0.2, -0.15) is 0 Å². The third-order valence-corrected chi connectivity index (χ3v) is 2.91. The molecule has 1 aromatic carbocycles. The second-order valence-corrected chi connectivity index (χ2v) is 6.05. The highest BCUT2D eigenvalue weighted by Crippen LogP contribution is 2.14. The lowest BCUT2D eigenvalue weighted by Crippen LogP contribution is -2.31. The van der Waals surface area contributed by atoms with E-state index in [-0.39, 0.29) is 24.3 Å². The summed E-state index contributed by atoms with van der Waals surface area (Å²) in [5.41, 5.74) is 0.410. The lowest BCUT2D eigenvalue weighted by atomic mass is 10.2. The predicted molar refractivity (Wildman–Crippen MR) is 72.5 cm³/mol. The van der Waals surface area contributed by atoms with E-state index < -0.39 is 10.0 Å². The van der Waals surface area contributed by atoms with E-state index in [1.165, 1.54) is 0 Å². The third kappa shape index (κ3) is 6.21. The summed E-state index contributed by atoms with van der Waals surface area (Å²) in [6.45, 7) is 3.75. The minimum absolute atomic E-state index is 0.0145. The van der Waals surface area contributed by atoms with Crippen LogP contribution in [0.3, 0.4) is 0 Å². The van der Waals surface area contributed by atoms with Gasteiger partial charge in [-0.15, -0.1) is 0 Å². The molecule has 0 heterocycles. The van der Waals surface area contributed by atoms with Crippen LogP contribution in [-0.4, -0.2) is 32.7 Å². The molecular weight excluding hydrogens is 268 g/mol. The predicted octanol–water partition coefficient (Wildman–Crippen LogP) is 0.492. The molecule has 0 fully saturated rings. The van der Waals surface area contributed by atoms with Crippen molar-refractivity contribution in [2.45, 2.75) is 20.0 Å². The highest BCUT2D eigenvalue weighted by molar-refractivity contribution is 7.89. The molecule has 0 atom stereocenters. The molecule has 3 N–H and O–H groups in total.